The predicted molar refractivity (Wildman–Crippen MR) is 125 cm³/mol. The number of allylic oxidation sites excluding steroid dienone is 2. The lowest BCUT2D eigenvalue weighted by Crippen LogP contribution is -1.89. The first-order valence-electron chi connectivity index (χ1n) is 10.2. The minimum atomic E-state index is -0.279. The molecule has 0 aliphatic carbocycles. The van der Waals surface area contributed by atoms with E-state index in [1.165, 1.54) is 12.1 Å². The molecule has 0 atom stereocenters. The van der Waals surface area contributed by atoms with Crippen LogP contribution in [0.25, 0.3) is 39.3 Å². The van der Waals surface area contributed by atoms with Gasteiger partial charge in [0, 0.05) is 34.6 Å². The maximum atomic E-state index is 13.9. The van der Waals surface area contributed by atoms with Gasteiger partial charge in [0.25, 0.3) is 0 Å². The molecule has 4 aromatic heterocycles. The molecule has 32 heavy (non-hydrogen) atoms. The smallest absolute Gasteiger partial charge is 0.181 e. The summed E-state index contributed by atoms with van der Waals surface area (Å²) >= 11 is 0. The van der Waals surface area contributed by atoms with Crippen LogP contribution in [0.15, 0.2) is 85.7 Å². The number of rotatable bonds is 5. The molecule has 0 bridgehead atoms. The van der Waals surface area contributed by atoms with Crippen molar-refractivity contribution < 1.29 is 4.39 Å². The van der Waals surface area contributed by atoms with Crippen LogP contribution in [0.3, 0.4) is 0 Å². The minimum Gasteiger partial charge on any atom is -0.357 e. The van der Waals surface area contributed by atoms with Crippen LogP contribution in [-0.2, 0) is 0 Å². The van der Waals surface area contributed by atoms with Crippen molar-refractivity contribution in [2.24, 2.45) is 0 Å². The SMILES string of the molecule is C=C/C=C(/c1cccc(F)c1)c1cc(-c2[nH]nc3ncc(-c4ccccn4)cc23)[nH]c1C. The van der Waals surface area contributed by atoms with Crippen molar-refractivity contribution in [1.82, 2.24) is 25.1 Å². The Morgan fingerprint density at radius 1 is 1.06 bits per heavy atom. The number of nitrogens with zero attached hydrogens (tertiary/aromatic N) is 3. The maximum absolute atomic E-state index is 13.9. The zero-order valence-electron chi connectivity index (χ0n) is 17.4. The van der Waals surface area contributed by atoms with Gasteiger partial charge in [-0.15, -0.1) is 0 Å². The molecule has 0 fully saturated rings. The third-order valence-electron chi connectivity index (χ3n) is 5.36. The summed E-state index contributed by atoms with van der Waals surface area (Å²) in [5.41, 5.74) is 7.67. The van der Waals surface area contributed by atoms with Crippen LogP contribution in [0, 0.1) is 12.7 Å². The molecule has 5 aromatic rings. The molecule has 0 radical (unpaired) electrons. The number of benzene rings is 1. The van der Waals surface area contributed by atoms with Crippen molar-refractivity contribution in [3.63, 3.8) is 0 Å². The van der Waals surface area contributed by atoms with Crippen LogP contribution in [0.5, 0.6) is 0 Å². The second kappa shape index (κ2) is 8.07. The molecule has 6 heteroatoms. The van der Waals surface area contributed by atoms with Gasteiger partial charge in [0.2, 0.25) is 0 Å². The van der Waals surface area contributed by atoms with Crippen molar-refractivity contribution >= 4 is 16.6 Å². The predicted octanol–water partition coefficient (Wildman–Crippen LogP) is 6.08. The lowest BCUT2D eigenvalue weighted by molar-refractivity contribution is 0.627. The van der Waals surface area contributed by atoms with Crippen molar-refractivity contribution in [1.29, 1.82) is 0 Å². The fraction of sp³-hybridized carbons (Fsp3) is 0.0385. The number of halogens is 1. The summed E-state index contributed by atoms with van der Waals surface area (Å²) < 4.78 is 13.9. The van der Waals surface area contributed by atoms with Gasteiger partial charge >= 0.3 is 0 Å². The molecular formula is C26H20FN5. The summed E-state index contributed by atoms with van der Waals surface area (Å²) in [5.74, 6) is -0.279. The number of H-pyrrole nitrogens is 2. The summed E-state index contributed by atoms with van der Waals surface area (Å²) in [6, 6.07) is 16.4. The van der Waals surface area contributed by atoms with Gasteiger partial charge in [-0.05, 0) is 54.5 Å². The van der Waals surface area contributed by atoms with E-state index in [0.717, 1.165) is 50.4 Å². The monoisotopic (exact) mass is 421 g/mol. The third kappa shape index (κ3) is 3.52. The van der Waals surface area contributed by atoms with Crippen LogP contribution in [0.1, 0.15) is 16.8 Å². The first-order valence-corrected chi connectivity index (χ1v) is 10.2. The van der Waals surface area contributed by atoms with Crippen molar-refractivity contribution in [2.75, 3.05) is 0 Å². The molecule has 156 valence electrons. The van der Waals surface area contributed by atoms with E-state index in [9.17, 15) is 4.39 Å². The number of hydrogen-bond acceptors (Lipinski definition) is 3. The molecule has 5 rings (SSSR count). The molecule has 0 unspecified atom stereocenters. The van der Waals surface area contributed by atoms with Gasteiger partial charge in [-0.25, -0.2) is 9.37 Å². The fourth-order valence-corrected chi connectivity index (χ4v) is 3.87. The number of nitrogens with one attached hydrogen (secondary N) is 2. The van der Waals surface area contributed by atoms with E-state index in [-0.39, 0.29) is 5.82 Å². The Kier molecular flexibility index (Phi) is 4.95. The highest BCUT2D eigenvalue weighted by atomic mass is 19.1. The molecule has 0 saturated heterocycles. The molecule has 0 amide bonds. The number of aromatic amines is 2. The molecule has 2 N–H and O–H groups in total. The van der Waals surface area contributed by atoms with Crippen molar-refractivity contribution in [3.8, 4) is 22.6 Å². The summed E-state index contributed by atoms with van der Waals surface area (Å²) in [6.45, 7) is 5.82. The van der Waals surface area contributed by atoms with Gasteiger partial charge in [-0.2, -0.15) is 5.10 Å². The lowest BCUT2D eigenvalue weighted by Gasteiger charge is -2.07. The molecule has 5 nitrogen and oxygen atoms in total. The Bertz CT molecular complexity index is 1460. The van der Waals surface area contributed by atoms with E-state index in [0.29, 0.717) is 5.65 Å². The number of hydrogen-bond donors (Lipinski definition) is 2. The normalized spacial score (nSPS) is 11.8. The first kappa shape index (κ1) is 19.6. The van der Waals surface area contributed by atoms with Gasteiger partial charge in [0.05, 0.1) is 17.1 Å². The zero-order chi connectivity index (χ0) is 22.1. The average Bonchev–Trinajstić information content (AvgIpc) is 3.41. The standard InChI is InChI=1S/C26H20FN5/c1-3-7-20(17-8-6-9-19(27)12-17)21-14-24(30-16(21)2)25-22-13-18(15-29-26(22)32-31-25)23-10-4-5-11-28-23/h3-15,30H,1H2,2H3,(H,29,31,32)/b20-7-. The fourth-order valence-electron chi connectivity index (χ4n) is 3.87. The summed E-state index contributed by atoms with van der Waals surface area (Å²) in [4.78, 5) is 12.3. The quantitative estimate of drug-likeness (QED) is 0.338. The largest absolute Gasteiger partial charge is 0.357 e. The van der Waals surface area contributed by atoms with Crippen LogP contribution in [-0.4, -0.2) is 25.1 Å². The van der Waals surface area contributed by atoms with Gasteiger partial charge < -0.3 is 4.98 Å². The summed E-state index contributed by atoms with van der Waals surface area (Å²) in [7, 11) is 0. The van der Waals surface area contributed by atoms with Crippen molar-refractivity contribution in [2.45, 2.75) is 6.92 Å². The van der Waals surface area contributed by atoms with E-state index in [4.69, 9.17) is 0 Å². The Morgan fingerprint density at radius 2 is 1.97 bits per heavy atom. The van der Waals surface area contributed by atoms with E-state index >= 15 is 0 Å². The number of aryl methyl sites for hydroxylation is 1. The molecular weight excluding hydrogens is 401 g/mol. The van der Waals surface area contributed by atoms with Crippen molar-refractivity contribution in [3.05, 3.63) is 108 Å². The molecule has 0 aliphatic heterocycles. The zero-order valence-corrected chi connectivity index (χ0v) is 17.4. The third-order valence-corrected chi connectivity index (χ3v) is 5.36. The van der Waals surface area contributed by atoms with Gasteiger partial charge in [-0.3, -0.25) is 10.1 Å². The highest BCUT2D eigenvalue weighted by Gasteiger charge is 2.17. The maximum Gasteiger partial charge on any atom is 0.181 e. The van der Waals surface area contributed by atoms with E-state index in [2.05, 4.69) is 31.7 Å². The van der Waals surface area contributed by atoms with Crippen LogP contribution < -0.4 is 0 Å². The number of fused-ring (bicyclic) bond motifs is 1. The Balaban J connectivity index is 1.62. The summed E-state index contributed by atoms with van der Waals surface area (Å²) in [5, 5.41) is 8.36. The first-order chi connectivity index (χ1) is 15.6. The number of aromatic nitrogens is 5. The van der Waals surface area contributed by atoms with E-state index in [1.54, 1.807) is 24.5 Å². The number of pyridine rings is 2. The minimum absolute atomic E-state index is 0.279. The second-order valence-corrected chi connectivity index (χ2v) is 7.46. The highest BCUT2D eigenvalue weighted by molar-refractivity contribution is 5.93. The molecule has 0 saturated carbocycles. The highest BCUT2D eigenvalue weighted by Crippen LogP contribution is 2.33. The molecule has 0 spiro atoms. The van der Waals surface area contributed by atoms with Gasteiger partial charge in [-0.1, -0.05) is 36.9 Å². The average molecular weight is 421 g/mol. The second-order valence-electron chi connectivity index (χ2n) is 7.46. The van der Waals surface area contributed by atoms with Crippen LogP contribution in [0.4, 0.5) is 4.39 Å². The lowest BCUT2D eigenvalue weighted by atomic mass is 9.97. The molecule has 4 heterocycles. The Morgan fingerprint density at radius 3 is 2.75 bits per heavy atom. The topological polar surface area (TPSA) is 70.2 Å². The van der Waals surface area contributed by atoms with E-state index < -0.39 is 0 Å². The van der Waals surface area contributed by atoms with Gasteiger partial charge in [0.1, 0.15) is 5.82 Å². The van der Waals surface area contributed by atoms with Gasteiger partial charge in [0.15, 0.2) is 5.65 Å². The summed E-state index contributed by atoms with van der Waals surface area (Å²) in [6.07, 6.45) is 7.13. The molecule has 0 aliphatic rings. The Hall–Kier alpha value is -4.32. The van der Waals surface area contributed by atoms with E-state index in [1.807, 2.05) is 49.4 Å². The van der Waals surface area contributed by atoms with Crippen LogP contribution >= 0.6 is 0 Å². The van der Waals surface area contributed by atoms with Crippen LogP contribution in [0.2, 0.25) is 0 Å². The molecule has 1 aromatic carbocycles. The Labute approximate surface area is 184 Å².